The summed E-state index contributed by atoms with van der Waals surface area (Å²) in [5, 5.41) is 14.1. The van der Waals surface area contributed by atoms with E-state index in [-0.39, 0.29) is 60.0 Å². The van der Waals surface area contributed by atoms with Gasteiger partial charge in [0.25, 0.3) is 0 Å². The number of hydrogen-bond acceptors (Lipinski definition) is 10. The normalized spacial score (nSPS) is 20.2. The van der Waals surface area contributed by atoms with Crippen LogP contribution in [0.2, 0.25) is 5.02 Å². The summed E-state index contributed by atoms with van der Waals surface area (Å²) in [5.74, 6) is -0.850. The van der Waals surface area contributed by atoms with Gasteiger partial charge in [0.15, 0.2) is 11.6 Å². The SMILES string of the molecule is C=C1C[C@@H]2CNCCN2c2nc(OCC34CCCN3CCC4)nc3c(F)c(-c4ncc(F)c5sc(N)c(C#N)c45)c(Cl)c1c23.CC. The van der Waals surface area contributed by atoms with Gasteiger partial charge in [0.05, 0.1) is 43.7 Å². The van der Waals surface area contributed by atoms with E-state index in [0.29, 0.717) is 48.5 Å². The van der Waals surface area contributed by atoms with E-state index in [0.717, 1.165) is 62.9 Å². The summed E-state index contributed by atoms with van der Waals surface area (Å²) in [6.07, 6.45) is 5.88. The van der Waals surface area contributed by atoms with Crippen molar-refractivity contribution >= 4 is 60.3 Å². The van der Waals surface area contributed by atoms with Gasteiger partial charge in [-0.2, -0.15) is 15.2 Å². The average molecular weight is 665 g/mol. The van der Waals surface area contributed by atoms with E-state index in [2.05, 4.69) is 31.7 Å². The molecule has 4 aromatic rings. The first-order chi connectivity index (χ1) is 22.3. The van der Waals surface area contributed by atoms with Crippen LogP contribution in [0.5, 0.6) is 6.01 Å². The average Bonchev–Trinajstić information content (AvgIpc) is 3.72. The van der Waals surface area contributed by atoms with Crippen LogP contribution in [0.25, 0.3) is 37.8 Å². The predicted molar refractivity (Wildman–Crippen MR) is 179 cm³/mol. The van der Waals surface area contributed by atoms with E-state index < -0.39 is 11.6 Å². The molecule has 0 aliphatic carbocycles. The lowest BCUT2D eigenvalue weighted by molar-refractivity contribution is 0.108. The van der Waals surface area contributed by atoms with Gasteiger partial charge >= 0.3 is 6.01 Å². The highest BCUT2D eigenvalue weighted by atomic mass is 35.5. The van der Waals surface area contributed by atoms with Gasteiger partial charge in [-0.1, -0.05) is 32.0 Å². The zero-order chi connectivity index (χ0) is 32.3. The molecule has 3 saturated heterocycles. The van der Waals surface area contributed by atoms with Gasteiger partial charge in [-0.15, -0.1) is 11.3 Å². The van der Waals surface area contributed by atoms with Crippen LogP contribution < -0.4 is 20.7 Å². The van der Waals surface area contributed by atoms with Gasteiger partial charge in [0.1, 0.15) is 29.0 Å². The second-order valence-corrected chi connectivity index (χ2v) is 13.5. The third-order valence-electron chi connectivity index (χ3n) is 9.77. The molecule has 1 atom stereocenters. The molecule has 0 spiro atoms. The van der Waals surface area contributed by atoms with Crippen molar-refractivity contribution in [2.24, 2.45) is 0 Å². The van der Waals surface area contributed by atoms with E-state index in [4.69, 9.17) is 27.1 Å². The third kappa shape index (κ3) is 4.62. The van der Waals surface area contributed by atoms with E-state index in [1.165, 1.54) is 0 Å². The molecule has 3 aromatic heterocycles. The molecule has 0 amide bonds. The molecule has 0 unspecified atom stereocenters. The Balaban J connectivity index is 0.00000166. The van der Waals surface area contributed by atoms with Gasteiger partial charge in [-0.3, -0.25) is 9.88 Å². The number of pyridine rings is 1. The Morgan fingerprint density at radius 1 is 1.20 bits per heavy atom. The highest BCUT2D eigenvalue weighted by molar-refractivity contribution is 7.23. The third-order valence-corrected chi connectivity index (χ3v) is 11.2. The maximum Gasteiger partial charge on any atom is 0.319 e. The number of nitrogens with zero attached hydrogens (tertiary/aromatic N) is 6. The number of rotatable bonds is 4. The number of aromatic nitrogens is 3. The van der Waals surface area contributed by atoms with Crippen molar-refractivity contribution in [2.45, 2.75) is 57.5 Å². The number of piperazine rings is 1. The van der Waals surface area contributed by atoms with Crippen LogP contribution in [0.15, 0.2) is 12.8 Å². The van der Waals surface area contributed by atoms with E-state index in [9.17, 15) is 9.65 Å². The van der Waals surface area contributed by atoms with Crippen LogP contribution in [-0.4, -0.2) is 70.8 Å². The highest BCUT2D eigenvalue weighted by Gasteiger charge is 2.45. The van der Waals surface area contributed by atoms with Crippen molar-refractivity contribution in [1.29, 1.82) is 5.26 Å². The van der Waals surface area contributed by atoms with Gasteiger partial charge in [0.2, 0.25) is 0 Å². The number of hydrogen-bond donors (Lipinski definition) is 2. The lowest BCUT2D eigenvalue weighted by atomic mass is 9.93. The van der Waals surface area contributed by atoms with E-state index >= 15 is 4.39 Å². The zero-order valence-corrected chi connectivity index (χ0v) is 27.4. The maximum atomic E-state index is 17.1. The van der Waals surface area contributed by atoms with Crippen molar-refractivity contribution in [2.75, 3.05) is 50.0 Å². The first-order valence-corrected chi connectivity index (χ1v) is 17.0. The Morgan fingerprint density at radius 2 is 1.96 bits per heavy atom. The number of nitrogens with two attached hydrogens (primary N) is 1. The summed E-state index contributed by atoms with van der Waals surface area (Å²) < 4.78 is 38.5. The van der Waals surface area contributed by atoms with E-state index in [1.807, 2.05) is 19.9 Å². The standard InChI is InChI=1S/C31H29ClF2N8OS.C2H6/c1-15-10-16-12-37-6-9-42(16)29-21-19(15)23(32)22(25-20-17(11-35)28(36)44-27(20)18(33)13-38-25)24(34)26(21)39-30(40-29)43-14-31-4-2-7-41(31)8-3-5-31;1-2/h13,16,37H,1-10,12,14,36H2;1-2H3/t16-;/m1./s1. The first-order valence-electron chi connectivity index (χ1n) is 15.8. The molecular formula is C33H35ClF2N8OS. The number of ether oxygens (including phenoxy) is 1. The van der Waals surface area contributed by atoms with Gasteiger partial charge in [-0.05, 0) is 50.8 Å². The van der Waals surface area contributed by atoms with Crippen LogP contribution in [-0.2, 0) is 0 Å². The molecule has 0 saturated carbocycles. The minimum Gasteiger partial charge on any atom is -0.461 e. The summed E-state index contributed by atoms with van der Waals surface area (Å²) >= 11 is 8.03. The molecule has 0 radical (unpaired) electrons. The smallest absolute Gasteiger partial charge is 0.319 e. The molecule has 1 aromatic carbocycles. The molecule has 13 heteroatoms. The fraction of sp³-hybridized carbons (Fsp3) is 0.455. The molecule has 4 aliphatic rings. The summed E-state index contributed by atoms with van der Waals surface area (Å²) in [5.41, 5.74) is 7.25. The Bertz CT molecular complexity index is 1930. The van der Waals surface area contributed by atoms with Gasteiger partial charge in [-0.25, -0.2) is 8.78 Å². The molecule has 3 fully saturated rings. The number of nitriles is 1. The second kappa shape index (κ2) is 11.9. The summed E-state index contributed by atoms with van der Waals surface area (Å²) in [6.45, 7) is 13.0. The highest BCUT2D eigenvalue weighted by Crippen LogP contribution is 2.50. The number of fused-ring (bicyclic) bond motifs is 4. The fourth-order valence-electron chi connectivity index (χ4n) is 7.74. The molecule has 7 heterocycles. The number of benzene rings is 1. The Hall–Kier alpha value is -3.63. The molecule has 240 valence electrons. The molecule has 0 bridgehead atoms. The van der Waals surface area contributed by atoms with Crippen molar-refractivity contribution in [3.05, 3.63) is 40.6 Å². The Morgan fingerprint density at radius 3 is 2.70 bits per heavy atom. The summed E-state index contributed by atoms with van der Waals surface area (Å²) in [6, 6.07) is 2.14. The van der Waals surface area contributed by atoms with Crippen LogP contribution in [0.4, 0.5) is 19.6 Å². The molecule has 46 heavy (non-hydrogen) atoms. The minimum atomic E-state index is -0.751. The summed E-state index contributed by atoms with van der Waals surface area (Å²) in [4.78, 5) is 18.5. The van der Waals surface area contributed by atoms with Crippen molar-refractivity contribution in [3.63, 3.8) is 0 Å². The lowest BCUT2D eigenvalue weighted by Crippen LogP contribution is -2.51. The van der Waals surface area contributed by atoms with Crippen molar-refractivity contribution < 1.29 is 13.5 Å². The van der Waals surface area contributed by atoms with E-state index in [1.54, 1.807) is 0 Å². The second-order valence-electron chi connectivity index (χ2n) is 12.1. The number of nitrogen functional groups attached to an aromatic ring is 1. The number of anilines is 2. The minimum absolute atomic E-state index is 0.00782. The quantitative estimate of drug-likeness (QED) is 0.252. The van der Waals surface area contributed by atoms with Crippen LogP contribution >= 0.6 is 22.9 Å². The first kappa shape index (κ1) is 31.0. The fourth-order valence-corrected chi connectivity index (χ4v) is 9.06. The molecule has 8 rings (SSSR count). The topological polar surface area (TPSA) is 116 Å². The largest absolute Gasteiger partial charge is 0.461 e. The number of thiophene rings is 1. The summed E-state index contributed by atoms with van der Waals surface area (Å²) in [7, 11) is 0. The van der Waals surface area contributed by atoms with Crippen molar-refractivity contribution in [3.8, 4) is 23.3 Å². The number of halogens is 3. The maximum absolute atomic E-state index is 17.1. The van der Waals surface area contributed by atoms with Crippen molar-refractivity contribution in [1.82, 2.24) is 25.2 Å². The molecule has 3 N–H and O–H groups in total. The van der Waals surface area contributed by atoms with Crippen LogP contribution in [0.3, 0.4) is 0 Å². The van der Waals surface area contributed by atoms with Crippen LogP contribution in [0.1, 0.15) is 57.1 Å². The van der Waals surface area contributed by atoms with Gasteiger partial charge in [0, 0.05) is 36.6 Å². The molecular weight excluding hydrogens is 630 g/mol. The lowest BCUT2D eigenvalue weighted by Gasteiger charge is -2.36. The van der Waals surface area contributed by atoms with Crippen LogP contribution in [0, 0.1) is 23.0 Å². The predicted octanol–water partition coefficient (Wildman–Crippen LogP) is 6.52. The Labute approximate surface area is 275 Å². The number of nitrogens with one attached hydrogen (secondary N) is 1. The zero-order valence-electron chi connectivity index (χ0n) is 25.9. The Kier molecular flexibility index (Phi) is 8.00. The molecule has 4 aliphatic heterocycles. The van der Waals surface area contributed by atoms with Gasteiger partial charge < -0.3 is 20.7 Å². The molecule has 9 nitrogen and oxygen atoms in total. The monoisotopic (exact) mass is 664 g/mol.